The van der Waals surface area contributed by atoms with E-state index < -0.39 is 0 Å². The third-order valence-corrected chi connectivity index (χ3v) is 3.78. The van der Waals surface area contributed by atoms with E-state index in [1.54, 1.807) is 0 Å². The average Bonchev–Trinajstić information content (AvgIpc) is 2.39. The highest BCUT2D eigenvalue weighted by Crippen LogP contribution is 2.11. The molecule has 1 heterocycles. The van der Waals surface area contributed by atoms with Crippen molar-refractivity contribution >= 4 is 5.84 Å². The van der Waals surface area contributed by atoms with E-state index in [1.165, 1.54) is 5.56 Å². The lowest BCUT2D eigenvalue weighted by molar-refractivity contribution is 0.104. The lowest BCUT2D eigenvalue weighted by Crippen LogP contribution is -2.48. The fraction of sp³-hybridized carbons (Fsp3) is 0.533. The van der Waals surface area contributed by atoms with Gasteiger partial charge < -0.3 is 5.73 Å². The summed E-state index contributed by atoms with van der Waals surface area (Å²) in [6.45, 7) is 9.98. The maximum atomic E-state index is 7.48. The smallest absolute Gasteiger partial charge is 0.122 e. The first kappa shape index (κ1) is 14.0. The lowest BCUT2D eigenvalue weighted by Gasteiger charge is -2.37. The summed E-state index contributed by atoms with van der Waals surface area (Å²) in [6, 6.07) is 8.65. The zero-order valence-corrected chi connectivity index (χ0v) is 11.9. The molecule has 1 saturated heterocycles. The van der Waals surface area contributed by atoms with Crippen LogP contribution in [-0.2, 0) is 6.54 Å². The van der Waals surface area contributed by atoms with Gasteiger partial charge in [0, 0.05) is 44.3 Å². The fourth-order valence-corrected chi connectivity index (χ4v) is 2.53. The number of rotatable bonds is 4. The average molecular weight is 260 g/mol. The number of hydrogen-bond donors (Lipinski definition) is 2. The van der Waals surface area contributed by atoms with Crippen molar-refractivity contribution in [2.24, 2.45) is 5.73 Å². The topological polar surface area (TPSA) is 56.4 Å². The molecule has 2 rings (SSSR count). The molecule has 4 nitrogen and oxygen atoms in total. The SMILES string of the molecule is CC(C)N1CCN(Cc2cccc(C(=N)N)c2)CC1. The minimum absolute atomic E-state index is 0.145. The molecule has 1 aliphatic heterocycles. The lowest BCUT2D eigenvalue weighted by atomic mass is 10.1. The minimum atomic E-state index is 0.145. The highest BCUT2D eigenvalue weighted by molar-refractivity contribution is 5.95. The van der Waals surface area contributed by atoms with Crippen LogP contribution in [0.1, 0.15) is 25.0 Å². The molecule has 4 heteroatoms. The first-order valence-electron chi connectivity index (χ1n) is 6.96. The van der Waals surface area contributed by atoms with Gasteiger partial charge in [-0.25, -0.2) is 0 Å². The van der Waals surface area contributed by atoms with Crippen molar-refractivity contribution in [1.29, 1.82) is 5.41 Å². The highest BCUT2D eigenvalue weighted by atomic mass is 15.3. The number of hydrogen-bond acceptors (Lipinski definition) is 3. The number of nitrogens with zero attached hydrogens (tertiary/aromatic N) is 2. The number of piperazine rings is 1. The third kappa shape index (κ3) is 3.78. The van der Waals surface area contributed by atoms with Gasteiger partial charge in [-0.3, -0.25) is 15.2 Å². The molecule has 3 N–H and O–H groups in total. The Labute approximate surface area is 115 Å². The molecule has 0 aliphatic carbocycles. The number of amidine groups is 1. The molecule has 0 radical (unpaired) electrons. The zero-order chi connectivity index (χ0) is 13.8. The molecule has 0 atom stereocenters. The molecular weight excluding hydrogens is 236 g/mol. The van der Waals surface area contributed by atoms with Gasteiger partial charge in [0.2, 0.25) is 0 Å². The minimum Gasteiger partial charge on any atom is -0.384 e. The van der Waals surface area contributed by atoms with Crippen LogP contribution in [-0.4, -0.2) is 47.9 Å². The maximum Gasteiger partial charge on any atom is 0.122 e. The number of nitrogen functional groups attached to an aromatic ring is 1. The fourth-order valence-electron chi connectivity index (χ4n) is 2.53. The summed E-state index contributed by atoms with van der Waals surface area (Å²) < 4.78 is 0. The molecule has 0 unspecified atom stereocenters. The second-order valence-electron chi connectivity index (χ2n) is 5.52. The van der Waals surface area contributed by atoms with Crippen molar-refractivity contribution in [3.63, 3.8) is 0 Å². The summed E-state index contributed by atoms with van der Waals surface area (Å²) >= 11 is 0. The van der Waals surface area contributed by atoms with Crippen LogP contribution in [0.3, 0.4) is 0 Å². The number of nitrogens with two attached hydrogens (primary N) is 1. The Morgan fingerprint density at radius 1 is 1.26 bits per heavy atom. The van der Waals surface area contributed by atoms with Crippen molar-refractivity contribution < 1.29 is 0 Å². The van der Waals surface area contributed by atoms with Crippen LogP contribution in [0.15, 0.2) is 24.3 Å². The van der Waals surface area contributed by atoms with Crippen LogP contribution in [0.5, 0.6) is 0 Å². The third-order valence-electron chi connectivity index (χ3n) is 3.78. The van der Waals surface area contributed by atoms with E-state index in [1.807, 2.05) is 18.2 Å². The van der Waals surface area contributed by atoms with E-state index in [2.05, 4.69) is 29.7 Å². The molecule has 0 spiro atoms. The number of benzene rings is 1. The molecule has 1 fully saturated rings. The van der Waals surface area contributed by atoms with Crippen LogP contribution in [0, 0.1) is 5.41 Å². The van der Waals surface area contributed by atoms with E-state index in [-0.39, 0.29) is 5.84 Å². The summed E-state index contributed by atoms with van der Waals surface area (Å²) in [4.78, 5) is 4.99. The van der Waals surface area contributed by atoms with Crippen LogP contribution in [0.4, 0.5) is 0 Å². The number of nitrogens with one attached hydrogen (secondary N) is 1. The summed E-state index contributed by atoms with van der Waals surface area (Å²) in [7, 11) is 0. The standard InChI is InChI=1S/C15H24N4/c1-12(2)19-8-6-18(7-9-19)11-13-4-3-5-14(10-13)15(16)17/h3-5,10,12H,6-9,11H2,1-2H3,(H3,16,17). The summed E-state index contributed by atoms with van der Waals surface area (Å²) in [5, 5.41) is 7.48. The predicted octanol–water partition coefficient (Wildman–Crippen LogP) is 1.50. The Kier molecular flexibility index (Phi) is 4.56. The second kappa shape index (κ2) is 6.17. The molecule has 0 amide bonds. The summed E-state index contributed by atoms with van der Waals surface area (Å²) in [5.41, 5.74) is 7.59. The molecule has 104 valence electrons. The van der Waals surface area contributed by atoms with Crippen molar-refractivity contribution in [3.8, 4) is 0 Å². The first-order chi connectivity index (χ1) is 9.06. The maximum absolute atomic E-state index is 7.48. The van der Waals surface area contributed by atoms with Gasteiger partial charge in [-0.2, -0.15) is 0 Å². The molecule has 0 saturated carbocycles. The highest BCUT2D eigenvalue weighted by Gasteiger charge is 2.18. The van der Waals surface area contributed by atoms with Gasteiger partial charge in [0.25, 0.3) is 0 Å². The van der Waals surface area contributed by atoms with Crippen molar-refractivity contribution in [3.05, 3.63) is 35.4 Å². The normalized spacial score (nSPS) is 17.8. The van der Waals surface area contributed by atoms with Crippen molar-refractivity contribution in [2.75, 3.05) is 26.2 Å². The second-order valence-corrected chi connectivity index (χ2v) is 5.52. The van der Waals surface area contributed by atoms with Crippen molar-refractivity contribution in [1.82, 2.24) is 9.80 Å². The molecule has 1 aromatic carbocycles. The Bertz CT molecular complexity index is 434. The van der Waals surface area contributed by atoms with Crippen molar-refractivity contribution in [2.45, 2.75) is 26.4 Å². The summed E-state index contributed by atoms with van der Waals surface area (Å²) in [6.07, 6.45) is 0. The van der Waals surface area contributed by atoms with Gasteiger partial charge in [0.1, 0.15) is 5.84 Å². The predicted molar refractivity (Wildman–Crippen MR) is 79.4 cm³/mol. The Morgan fingerprint density at radius 2 is 1.95 bits per heavy atom. The molecule has 1 aromatic rings. The molecular formula is C15H24N4. The van der Waals surface area contributed by atoms with E-state index in [0.29, 0.717) is 6.04 Å². The molecule has 0 bridgehead atoms. The van der Waals surface area contributed by atoms with Crippen LogP contribution >= 0.6 is 0 Å². The molecule has 19 heavy (non-hydrogen) atoms. The van der Waals surface area contributed by atoms with Gasteiger partial charge in [-0.15, -0.1) is 0 Å². The van der Waals surface area contributed by atoms with Gasteiger partial charge in [0.05, 0.1) is 0 Å². The van der Waals surface area contributed by atoms with E-state index in [0.717, 1.165) is 38.3 Å². The zero-order valence-electron chi connectivity index (χ0n) is 11.9. The largest absolute Gasteiger partial charge is 0.384 e. The van der Waals surface area contributed by atoms with Gasteiger partial charge in [0.15, 0.2) is 0 Å². The summed E-state index contributed by atoms with van der Waals surface area (Å²) in [5.74, 6) is 0.145. The van der Waals surface area contributed by atoms with E-state index >= 15 is 0 Å². The van der Waals surface area contributed by atoms with E-state index in [4.69, 9.17) is 11.1 Å². The monoisotopic (exact) mass is 260 g/mol. The van der Waals surface area contributed by atoms with Crippen LogP contribution < -0.4 is 5.73 Å². The Hall–Kier alpha value is -1.39. The van der Waals surface area contributed by atoms with Crippen LogP contribution in [0.25, 0.3) is 0 Å². The quantitative estimate of drug-likeness (QED) is 0.637. The van der Waals surface area contributed by atoms with Gasteiger partial charge in [-0.05, 0) is 25.5 Å². The van der Waals surface area contributed by atoms with Gasteiger partial charge in [-0.1, -0.05) is 18.2 Å². The van der Waals surface area contributed by atoms with E-state index in [9.17, 15) is 0 Å². The van der Waals surface area contributed by atoms with Crippen LogP contribution in [0.2, 0.25) is 0 Å². The van der Waals surface area contributed by atoms with Gasteiger partial charge >= 0.3 is 0 Å². The first-order valence-corrected chi connectivity index (χ1v) is 6.96. The Balaban J connectivity index is 1.92. The molecule has 1 aliphatic rings. The molecule has 0 aromatic heterocycles. The Morgan fingerprint density at radius 3 is 2.53 bits per heavy atom.